The van der Waals surface area contributed by atoms with Crippen molar-refractivity contribution in [2.45, 2.75) is 84.9 Å². The molecule has 0 amide bonds. The van der Waals surface area contributed by atoms with Crippen molar-refractivity contribution in [3.8, 4) is 23.0 Å². The van der Waals surface area contributed by atoms with Gasteiger partial charge >= 0.3 is 22.5 Å². The molecule has 0 fully saturated rings. The van der Waals surface area contributed by atoms with Crippen molar-refractivity contribution in [3.05, 3.63) is 417 Å². The van der Waals surface area contributed by atoms with Crippen LogP contribution >= 0.6 is 117 Å². The van der Waals surface area contributed by atoms with Gasteiger partial charge in [0, 0.05) is 70.8 Å². The first-order chi connectivity index (χ1) is 67.4. The Morgan fingerprint density at radius 3 is 0.750 bits per heavy atom. The van der Waals surface area contributed by atoms with Crippen LogP contribution in [0.4, 0.5) is 26.3 Å². The molecule has 0 bridgehead atoms. The quantitative estimate of drug-likeness (QED) is 0.0313. The van der Waals surface area contributed by atoms with E-state index in [9.17, 15) is 85.1 Å². The fraction of sp³-hybridized carbons (Fsp3) is 0.0769. The first-order valence-electron chi connectivity index (χ1n) is 41.7. The molecule has 0 radical (unpaired) electrons. The number of rotatable bonds is 20. The maximum absolute atomic E-state index is 13.7. The number of halogens is 8. The highest BCUT2D eigenvalue weighted by Gasteiger charge is 2.30. The van der Waals surface area contributed by atoms with Gasteiger partial charge in [-0.3, -0.25) is 19.2 Å². The molecule has 140 heavy (non-hydrogen) atoms. The Kier molecular flexibility index (Phi) is 29.6. The van der Waals surface area contributed by atoms with Gasteiger partial charge in [-0.1, -0.05) is 131 Å². The van der Waals surface area contributed by atoms with Crippen LogP contribution in [0.3, 0.4) is 0 Å². The number of aromatic hydroxyl groups is 4. The Bertz CT molecular complexity index is 8360. The third-order valence-electron chi connectivity index (χ3n) is 22.1. The van der Waals surface area contributed by atoms with Crippen molar-refractivity contribution in [1.29, 1.82) is 0 Å². The average molecular weight is 2070 g/mol. The second-order valence-electron chi connectivity index (χ2n) is 30.9. The first kappa shape index (κ1) is 98.1. The van der Waals surface area contributed by atoms with Gasteiger partial charge in [0.2, 0.25) is 0 Å². The molecule has 0 aliphatic rings. The zero-order valence-corrected chi connectivity index (χ0v) is 81.0. The van der Waals surface area contributed by atoms with Crippen molar-refractivity contribution < 1.29 is 64.4 Å². The molecule has 8 heterocycles. The minimum atomic E-state index is -0.838. The van der Waals surface area contributed by atoms with E-state index in [1.807, 2.05) is 67.5 Å². The maximum atomic E-state index is 13.7. The van der Waals surface area contributed by atoms with Crippen LogP contribution in [0.15, 0.2) is 382 Å². The van der Waals surface area contributed by atoms with Crippen LogP contribution in [0.25, 0.3) is 87.5 Å². The zero-order chi connectivity index (χ0) is 98.8. The molecule has 20 aromatic rings. The second-order valence-corrected chi connectivity index (χ2v) is 39.6. The Labute approximate surface area is 830 Å². The first-order valence-corrected chi connectivity index (χ1v) is 50.7. The van der Waals surface area contributed by atoms with Gasteiger partial charge in [0.25, 0.3) is 22.2 Å². The van der Waals surface area contributed by atoms with Crippen molar-refractivity contribution in [1.82, 2.24) is 18.3 Å². The number of fused-ring (bicyclic) bond motifs is 12. The number of hydrogen-bond acceptors (Lipinski definition) is 24. The largest absolute Gasteiger partial charge is 0.505 e. The minimum Gasteiger partial charge on any atom is -0.505 e. The van der Waals surface area contributed by atoms with Gasteiger partial charge < -0.3 is 56.4 Å². The topological polar surface area (TPSA) is 290 Å². The summed E-state index contributed by atoms with van der Waals surface area (Å²) in [6.45, 7) is 0.497. The van der Waals surface area contributed by atoms with E-state index in [-0.39, 0.29) is 101 Å². The summed E-state index contributed by atoms with van der Waals surface area (Å²) in [4.78, 5) is 111. The number of benzene rings is 12. The SMILES string of the molecule is CSc1ccc2c3oc(=O)c(Sc4ccc(Cl)cc4)c(O)c3c(=O)n(Cc3ccc(F)cc3)c2c1.CSc1ccc2c3oc(=O)c(Sc4ccc(F)cc4)c(O)c3c(=O)n(Cc3ccc(F)cc3)c2c1.CSc1ccc2c3oc(=O)c(Sc4cccc(Cl)c4)c(O)c3c(=O)n(Cc3ccc(F)cc3)c2c1.CSc1ccc2c3oc(=O)c(Sc4cccc(F)c4)c(O)c3c(=O)n(Cc3ccc(F)cc3)c2c1. The van der Waals surface area contributed by atoms with Crippen LogP contribution in [0.2, 0.25) is 10.0 Å². The van der Waals surface area contributed by atoms with Gasteiger partial charge in [-0.05, 0) is 254 Å². The number of nitrogens with zero attached hydrogens (tertiary/aromatic N) is 4. The van der Waals surface area contributed by atoms with Gasteiger partial charge in [0.1, 0.15) is 76.0 Å². The fourth-order valence-electron chi connectivity index (χ4n) is 15.4. The minimum absolute atomic E-state index is 0.0148. The molecule has 0 unspecified atom stereocenters. The second kappa shape index (κ2) is 42.3. The van der Waals surface area contributed by atoms with Crippen molar-refractivity contribution >= 4 is 205 Å². The lowest BCUT2D eigenvalue weighted by Gasteiger charge is -2.15. The molecule has 20 nitrogen and oxygen atoms in total. The summed E-state index contributed by atoms with van der Waals surface area (Å²) in [6, 6.07) is 69.3. The van der Waals surface area contributed by atoms with Gasteiger partial charge in [0.05, 0.1) is 48.2 Å². The van der Waals surface area contributed by atoms with E-state index >= 15 is 0 Å². The standard InChI is InChI=1S/2C26H17ClFNO4S2.2C26H17F2NO4S2/c1-34-18-10-11-19-20(12-18)29(13-14-2-6-16(28)7-3-14)25(31)21-22(30)24(26(32)33-23(19)21)35-17-8-4-15(27)5-9-17;1-34-17-9-10-19-20(12-17)29(13-14-5-7-16(28)8-6-14)25(31)21-22(30)24(26(32)33-23(19)21)35-18-4-2-3-15(27)11-18;1-34-18-10-11-19-20(12-18)29(13-14-2-4-15(27)5-3-14)25(31)21-22(30)24(26(32)33-23(19)21)35-17-8-6-16(28)7-9-17;1-34-17-9-10-19-20(12-17)29(13-14-5-7-15(27)8-6-14)25(31)21-22(30)24(26(32)33-23(19)21)35-18-4-2-3-16(28)11-18/h4*2-12,30H,13H2,1H3. The van der Waals surface area contributed by atoms with Gasteiger partial charge in [-0.25, -0.2) is 45.5 Å². The molecule has 12 aromatic carbocycles. The summed E-state index contributed by atoms with van der Waals surface area (Å²) in [7, 11) is 0. The lowest BCUT2D eigenvalue weighted by Crippen LogP contribution is -2.23. The summed E-state index contributed by atoms with van der Waals surface area (Å²) in [6.07, 6.45) is 7.62. The molecular weight excluding hydrogens is 2000 g/mol. The molecule has 36 heteroatoms. The molecule has 4 N–H and O–H groups in total. The average Bonchev–Trinajstić information content (AvgIpc) is 0.745. The highest BCUT2D eigenvalue weighted by Crippen LogP contribution is 2.45. The Balaban J connectivity index is 0.000000129. The molecule has 704 valence electrons. The van der Waals surface area contributed by atoms with E-state index in [2.05, 4.69) is 0 Å². The molecule has 0 spiro atoms. The number of hydrogen-bond donors (Lipinski definition) is 4. The highest BCUT2D eigenvalue weighted by molar-refractivity contribution is 8.00. The Hall–Kier alpha value is -13.5. The van der Waals surface area contributed by atoms with Gasteiger partial charge in [-0.15, -0.1) is 47.0 Å². The Morgan fingerprint density at radius 2 is 0.493 bits per heavy atom. The fourth-order valence-corrected chi connectivity index (χ4v) is 20.9. The molecule has 0 atom stereocenters. The molecule has 0 aliphatic heterocycles. The molecule has 0 saturated carbocycles. The van der Waals surface area contributed by atoms with Crippen molar-refractivity contribution in [2.24, 2.45) is 0 Å². The molecule has 8 aromatic heterocycles. The zero-order valence-electron chi connectivity index (χ0n) is 73.0. The van der Waals surface area contributed by atoms with Crippen LogP contribution in [-0.2, 0) is 26.2 Å². The predicted molar refractivity (Wildman–Crippen MR) is 545 cm³/mol. The van der Waals surface area contributed by atoms with Crippen LogP contribution in [0, 0.1) is 34.9 Å². The van der Waals surface area contributed by atoms with Gasteiger partial charge in [-0.2, -0.15) is 0 Å². The molecule has 0 aliphatic carbocycles. The summed E-state index contributed by atoms with van der Waals surface area (Å²) < 4.78 is 109. The predicted octanol–water partition coefficient (Wildman–Crippen LogP) is 25.1. The van der Waals surface area contributed by atoms with Crippen LogP contribution in [-0.4, -0.2) is 63.7 Å². The van der Waals surface area contributed by atoms with E-state index < -0.39 is 91.0 Å². The van der Waals surface area contributed by atoms with E-state index in [0.717, 1.165) is 66.6 Å². The summed E-state index contributed by atoms with van der Waals surface area (Å²) in [5.41, 5.74) is -0.463. The molecule has 20 rings (SSSR count). The van der Waals surface area contributed by atoms with Crippen LogP contribution in [0.5, 0.6) is 23.0 Å². The highest BCUT2D eigenvalue weighted by atomic mass is 35.5. The third-order valence-corrected chi connectivity index (χ3v) is 29.8. The summed E-state index contributed by atoms with van der Waals surface area (Å²) >= 11 is 21.6. The summed E-state index contributed by atoms with van der Waals surface area (Å²) in [5, 5.41) is 46.9. The molecule has 0 saturated heterocycles. The van der Waals surface area contributed by atoms with E-state index in [1.165, 1.54) is 156 Å². The van der Waals surface area contributed by atoms with Crippen LogP contribution < -0.4 is 44.7 Å². The van der Waals surface area contributed by atoms with Gasteiger partial charge in [0.15, 0.2) is 45.3 Å². The summed E-state index contributed by atoms with van der Waals surface area (Å²) in [5.74, 6) is -4.41. The lowest BCUT2D eigenvalue weighted by atomic mass is 10.1. The number of thioether (sulfide) groups is 4. The number of aromatic nitrogens is 4. The maximum Gasteiger partial charge on any atom is 0.354 e. The smallest absolute Gasteiger partial charge is 0.354 e. The normalized spacial score (nSPS) is 11.4. The monoisotopic (exact) mass is 2070 g/mol. The number of pyridine rings is 4. The molecular formula is C104H68Cl2F6N4O16S8. The van der Waals surface area contributed by atoms with Crippen molar-refractivity contribution in [3.63, 3.8) is 0 Å². The van der Waals surface area contributed by atoms with Crippen molar-refractivity contribution in [2.75, 3.05) is 25.0 Å². The van der Waals surface area contributed by atoms with Crippen LogP contribution in [0.1, 0.15) is 22.3 Å². The van der Waals surface area contributed by atoms with E-state index in [1.54, 1.807) is 133 Å². The lowest BCUT2D eigenvalue weighted by molar-refractivity contribution is 0.446. The Morgan fingerprint density at radius 1 is 0.257 bits per heavy atom. The third kappa shape index (κ3) is 20.7. The van der Waals surface area contributed by atoms with E-state index in [0.29, 0.717) is 95.5 Å². The van der Waals surface area contributed by atoms with E-state index in [4.69, 9.17) is 40.9 Å².